The van der Waals surface area contributed by atoms with Gasteiger partial charge in [0.15, 0.2) is 5.13 Å². The van der Waals surface area contributed by atoms with Crippen molar-refractivity contribution in [2.24, 2.45) is 0 Å². The zero-order chi connectivity index (χ0) is 17.0. The van der Waals surface area contributed by atoms with Crippen molar-refractivity contribution in [3.8, 4) is 0 Å². The number of rotatable bonds is 6. The number of carboxylic acids is 1. The average Bonchev–Trinajstić information content (AvgIpc) is 2.97. The number of aromatic nitrogens is 1. The van der Waals surface area contributed by atoms with E-state index >= 15 is 0 Å². The monoisotopic (exact) mass is 333 g/mol. The number of nitrogens with one attached hydrogen (secondary N) is 2. The number of anilines is 2. The minimum atomic E-state index is -1.03. The molecule has 0 aliphatic carbocycles. The van der Waals surface area contributed by atoms with E-state index in [0.29, 0.717) is 15.7 Å². The van der Waals surface area contributed by atoms with Gasteiger partial charge in [0.05, 0.1) is 11.8 Å². The molecule has 0 unspecified atom stereocenters. The number of amides is 1. The van der Waals surface area contributed by atoms with Gasteiger partial charge in [-0.25, -0.2) is 9.78 Å². The Labute approximate surface area is 138 Å². The molecule has 0 aliphatic heterocycles. The number of carbonyl (C=O) groups excluding carboxylic acids is 1. The third-order valence-corrected chi connectivity index (χ3v) is 4.37. The Hall–Kier alpha value is -2.41. The summed E-state index contributed by atoms with van der Waals surface area (Å²) >= 11 is 1.27. The van der Waals surface area contributed by atoms with Crippen LogP contribution in [0, 0.1) is 6.92 Å². The number of hydrogen-bond donors (Lipinski definition) is 3. The normalized spacial score (nSPS) is 11.8. The molecule has 0 saturated heterocycles. The van der Waals surface area contributed by atoms with Crippen LogP contribution in [-0.2, 0) is 0 Å². The van der Waals surface area contributed by atoms with Gasteiger partial charge in [-0.1, -0.05) is 24.3 Å². The minimum absolute atomic E-state index is 0.134. The fourth-order valence-corrected chi connectivity index (χ4v) is 2.66. The number of carbonyl (C=O) groups is 2. The topological polar surface area (TPSA) is 91.3 Å². The van der Waals surface area contributed by atoms with E-state index in [9.17, 15) is 9.59 Å². The van der Waals surface area contributed by atoms with Gasteiger partial charge in [-0.2, -0.15) is 0 Å². The molecule has 1 aromatic carbocycles. The summed E-state index contributed by atoms with van der Waals surface area (Å²) in [4.78, 5) is 28.0. The van der Waals surface area contributed by atoms with E-state index in [-0.39, 0.29) is 17.5 Å². The van der Waals surface area contributed by atoms with Crippen molar-refractivity contribution in [2.75, 3.05) is 10.6 Å². The molecule has 3 N–H and O–H groups in total. The maximum Gasteiger partial charge on any atom is 0.335 e. The predicted molar refractivity (Wildman–Crippen MR) is 91.6 cm³/mol. The molecule has 23 heavy (non-hydrogen) atoms. The number of hydrogen-bond acceptors (Lipinski definition) is 5. The summed E-state index contributed by atoms with van der Waals surface area (Å²) in [6.45, 7) is 5.92. The first-order valence-corrected chi connectivity index (χ1v) is 8.10. The van der Waals surface area contributed by atoms with Gasteiger partial charge in [0.1, 0.15) is 4.88 Å². The predicted octanol–water partition coefficient (Wildman–Crippen LogP) is 3.61. The van der Waals surface area contributed by atoms with Crippen molar-refractivity contribution in [2.45, 2.75) is 33.2 Å². The van der Waals surface area contributed by atoms with Crippen LogP contribution in [-0.4, -0.2) is 28.0 Å². The number of aromatic carboxylic acids is 1. The summed E-state index contributed by atoms with van der Waals surface area (Å²) in [5, 5.41) is 15.7. The Morgan fingerprint density at radius 3 is 2.78 bits per heavy atom. The van der Waals surface area contributed by atoms with E-state index < -0.39 is 5.97 Å². The van der Waals surface area contributed by atoms with Gasteiger partial charge in [0, 0.05) is 11.7 Å². The molecular formula is C16H19N3O3S. The quantitative estimate of drug-likeness (QED) is 0.751. The summed E-state index contributed by atoms with van der Waals surface area (Å²) in [6, 6.07) is 4.91. The molecule has 7 heteroatoms. The Morgan fingerprint density at radius 2 is 2.13 bits per heavy atom. The molecule has 6 nitrogen and oxygen atoms in total. The van der Waals surface area contributed by atoms with Crippen molar-refractivity contribution in [1.82, 2.24) is 4.98 Å². The SMILES string of the molecule is CC[C@@H](C)Nc1ncc(C(=O)Nc2cc(C(=O)O)ccc2C)s1. The van der Waals surface area contributed by atoms with E-state index in [2.05, 4.69) is 22.5 Å². The Morgan fingerprint density at radius 1 is 1.39 bits per heavy atom. The lowest BCUT2D eigenvalue weighted by atomic mass is 10.1. The van der Waals surface area contributed by atoms with Gasteiger partial charge in [0.2, 0.25) is 0 Å². The van der Waals surface area contributed by atoms with Gasteiger partial charge in [-0.05, 0) is 38.0 Å². The smallest absolute Gasteiger partial charge is 0.335 e. The van der Waals surface area contributed by atoms with Crippen LogP contribution < -0.4 is 10.6 Å². The highest BCUT2D eigenvalue weighted by Gasteiger charge is 2.14. The number of benzene rings is 1. The fraction of sp³-hybridized carbons (Fsp3) is 0.312. The fourth-order valence-electron chi connectivity index (χ4n) is 1.83. The van der Waals surface area contributed by atoms with Crippen LogP contribution in [0.25, 0.3) is 0 Å². The Bertz CT molecular complexity index is 727. The first-order valence-electron chi connectivity index (χ1n) is 7.28. The molecule has 0 spiro atoms. The van der Waals surface area contributed by atoms with Gasteiger partial charge in [-0.15, -0.1) is 0 Å². The summed E-state index contributed by atoms with van der Waals surface area (Å²) < 4.78 is 0. The van der Waals surface area contributed by atoms with Crippen molar-refractivity contribution < 1.29 is 14.7 Å². The van der Waals surface area contributed by atoms with Crippen molar-refractivity contribution in [1.29, 1.82) is 0 Å². The van der Waals surface area contributed by atoms with Gasteiger partial charge >= 0.3 is 5.97 Å². The molecule has 1 atom stereocenters. The lowest BCUT2D eigenvalue weighted by Gasteiger charge is -2.09. The minimum Gasteiger partial charge on any atom is -0.478 e. The number of carboxylic acid groups (broad SMARTS) is 1. The highest BCUT2D eigenvalue weighted by atomic mass is 32.1. The zero-order valence-electron chi connectivity index (χ0n) is 13.2. The average molecular weight is 333 g/mol. The van der Waals surface area contributed by atoms with E-state index in [1.807, 2.05) is 13.8 Å². The number of nitrogens with zero attached hydrogens (tertiary/aromatic N) is 1. The van der Waals surface area contributed by atoms with Crippen LogP contribution in [0.2, 0.25) is 0 Å². The van der Waals surface area contributed by atoms with Crippen LogP contribution in [0.15, 0.2) is 24.4 Å². The van der Waals surface area contributed by atoms with Crippen LogP contribution in [0.1, 0.15) is 45.9 Å². The number of thiazole rings is 1. The molecule has 0 saturated carbocycles. The first-order chi connectivity index (χ1) is 10.9. The molecule has 1 amide bonds. The van der Waals surface area contributed by atoms with Crippen LogP contribution >= 0.6 is 11.3 Å². The van der Waals surface area contributed by atoms with E-state index in [1.54, 1.807) is 6.07 Å². The zero-order valence-corrected chi connectivity index (χ0v) is 14.0. The largest absolute Gasteiger partial charge is 0.478 e. The molecule has 122 valence electrons. The third-order valence-electron chi connectivity index (χ3n) is 3.44. The van der Waals surface area contributed by atoms with Crippen LogP contribution in [0.4, 0.5) is 10.8 Å². The molecular weight excluding hydrogens is 314 g/mol. The Balaban J connectivity index is 2.13. The van der Waals surface area contributed by atoms with Crippen molar-refractivity contribution >= 4 is 34.0 Å². The summed E-state index contributed by atoms with van der Waals surface area (Å²) in [7, 11) is 0. The third kappa shape index (κ3) is 4.29. The molecule has 1 heterocycles. The maximum atomic E-state index is 12.3. The molecule has 2 rings (SSSR count). The maximum absolute atomic E-state index is 12.3. The lowest BCUT2D eigenvalue weighted by Crippen LogP contribution is -2.13. The molecule has 0 radical (unpaired) electrons. The van der Waals surface area contributed by atoms with E-state index in [1.165, 1.54) is 29.7 Å². The summed E-state index contributed by atoms with van der Waals surface area (Å²) in [6.07, 6.45) is 2.48. The number of aryl methyl sites for hydroxylation is 1. The van der Waals surface area contributed by atoms with Crippen molar-refractivity contribution in [3.05, 3.63) is 40.4 Å². The second-order valence-corrected chi connectivity index (χ2v) is 6.30. The van der Waals surface area contributed by atoms with Crippen molar-refractivity contribution in [3.63, 3.8) is 0 Å². The summed E-state index contributed by atoms with van der Waals surface area (Å²) in [5.74, 6) is -1.33. The standard InChI is InChI=1S/C16H19N3O3S/c1-4-10(3)18-16-17-8-13(23-16)14(20)19-12-7-11(15(21)22)6-5-9(12)2/h5-8,10H,4H2,1-3H3,(H,17,18)(H,19,20)(H,21,22)/t10-/m1/s1. The van der Waals surface area contributed by atoms with Gasteiger partial charge < -0.3 is 15.7 Å². The molecule has 2 aromatic rings. The lowest BCUT2D eigenvalue weighted by molar-refractivity contribution is 0.0696. The summed E-state index contributed by atoms with van der Waals surface area (Å²) in [5.41, 5.74) is 1.42. The highest BCUT2D eigenvalue weighted by molar-refractivity contribution is 7.17. The Kier molecular flexibility index (Phi) is 5.33. The van der Waals surface area contributed by atoms with Gasteiger partial charge in [-0.3, -0.25) is 4.79 Å². The van der Waals surface area contributed by atoms with E-state index in [0.717, 1.165) is 12.0 Å². The molecule has 0 bridgehead atoms. The molecule has 0 aliphatic rings. The second-order valence-electron chi connectivity index (χ2n) is 5.27. The molecule has 1 aromatic heterocycles. The van der Waals surface area contributed by atoms with Crippen LogP contribution in [0.5, 0.6) is 0 Å². The van der Waals surface area contributed by atoms with Gasteiger partial charge in [0.25, 0.3) is 5.91 Å². The van der Waals surface area contributed by atoms with E-state index in [4.69, 9.17) is 5.11 Å². The molecule has 0 fully saturated rings. The first kappa shape index (κ1) is 17.0. The second kappa shape index (κ2) is 7.23. The highest BCUT2D eigenvalue weighted by Crippen LogP contribution is 2.22. The van der Waals surface area contributed by atoms with Crippen LogP contribution in [0.3, 0.4) is 0 Å².